The lowest BCUT2D eigenvalue weighted by Crippen LogP contribution is -2.44. The molecule has 2 aromatic rings. The number of ether oxygens (including phenoxy) is 1. The number of piperazine rings is 1. The largest absolute Gasteiger partial charge is 0.483 e. The summed E-state index contributed by atoms with van der Waals surface area (Å²) in [4.78, 5) is 17.1. The van der Waals surface area contributed by atoms with E-state index in [1.54, 1.807) is 6.07 Å². The van der Waals surface area contributed by atoms with Crippen LogP contribution in [0.4, 0.5) is 11.4 Å². The van der Waals surface area contributed by atoms with Gasteiger partial charge in [-0.2, -0.15) is 0 Å². The Bertz CT molecular complexity index is 838. The summed E-state index contributed by atoms with van der Waals surface area (Å²) < 4.78 is 5.82. The number of rotatable bonds is 5. The van der Waals surface area contributed by atoms with Crippen LogP contribution < -0.4 is 15.0 Å². The Morgan fingerprint density at radius 1 is 1.07 bits per heavy atom. The summed E-state index contributed by atoms with van der Waals surface area (Å²) >= 11 is 6.18. The Morgan fingerprint density at radius 2 is 1.71 bits per heavy atom. The summed E-state index contributed by atoms with van der Waals surface area (Å²) in [5, 5.41) is 3.57. The van der Waals surface area contributed by atoms with Gasteiger partial charge in [-0.1, -0.05) is 29.3 Å². The van der Waals surface area contributed by atoms with Gasteiger partial charge in [-0.15, -0.1) is 0 Å². The van der Waals surface area contributed by atoms with Crippen molar-refractivity contribution < 1.29 is 9.53 Å². The number of hydrogen-bond acceptors (Lipinski definition) is 4. The number of benzene rings is 2. The topological polar surface area (TPSA) is 44.8 Å². The van der Waals surface area contributed by atoms with E-state index in [1.165, 1.54) is 5.56 Å². The van der Waals surface area contributed by atoms with Crippen molar-refractivity contribution in [3.63, 3.8) is 0 Å². The van der Waals surface area contributed by atoms with Gasteiger partial charge in [-0.05, 0) is 57.1 Å². The van der Waals surface area contributed by atoms with E-state index in [0.717, 1.165) is 54.4 Å². The normalized spacial score (nSPS) is 14.8. The molecular formula is C22H28ClN3O2. The molecular weight excluding hydrogens is 374 g/mol. The number of carbonyl (C=O) groups is 1. The van der Waals surface area contributed by atoms with Crippen LogP contribution >= 0.6 is 11.6 Å². The maximum Gasteiger partial charge on any atom is 0.262 e. The Morgan fingerprint density at radius 3 is 2.36 bits per heavy atom. The number of likely N-dealkylation sites (N-methyl/N-ethyl adjacent to an activating group) is 1. The van der Waals surface area contributed by atoms with Crippen molar-refractivity contribution in [3.8, 4) is 5.75 Å². The molecule has 3 rings (SSSR count). The maximum absolute atomic E-state index is 12.6. The molecule has 1 saturated heterocycles. The minimum absolute atomic E-state index is 0.0422. The van der Waals surface area contributed by atoms with Gasteiger partial charge < -0.3 is 19.9 Å². The number of carbonyl (C=O) groups excluding carboxylic acids is 1. The van der Waals surface area contributed by atoms with Gasteiger partial charge in [-0.3, -0.25) is 4.79 Å². The molecule has 1 fully saturated rings. The van der Waals surface area contributed by atoms with Gasteiger partial charge in [0, 0.05) is 31.2 Å². The van der Waals surface area contributed by atoms with Crippen LogP contribution in [0.2, 0.25) is 5.02 Å². The fourth-order valence-electron chi connectivity index (χ4n) is 3.65. The van der Waals surface area contributed by atoms with Crippen molar-refractivity contribution in [3.05, 3.63) is 52.0 Å². The minimum Gasteiger partial charge on any atom is -0.483 e. The lowest BCUT2D eigenvalue weighted by atomic mass is 10.1. The summed E-state index contributed by atoms with van der Waals surface area (Å²) in [6.45, 7) is 9.81. The van der Waals surface area contributed by atoms with Gasteiger partial charge >= 0.3 is 0 Å². The monoisotopic (exact) mass is 401 g/mol. The van der Waals surface area contributed by atoms with E-state index in [2.05, 4.69) is 41.2 Å². The van der Waals surface area contributed by atoms with Gasteiger partial charge in [0.05, 0.1) is 11.4 Å². The fourth-order valence-corrected chi connectivity index (χ4v) is 3.82. The summed E-state index contributed by atoms with van der Waals surface area (Å²) in [6, 6.07) is 9.75. The molecule has 0 spiro atoms. The average molecular weight is 402 g/mol. The van der Waals surface area contributed by atoms with Crippen molar-refractivity contribution in [1.29, 1.82) is 0 Å². The Balaban J connectivity index is 1.69. The van der Waals surface area contributed by atoms with Gasteiger partial charge in [0.15, 0.2) is 6.61 Å². The van der Waals surface area contributed by atoms with E-state index >= 15 is 0 Å². The molecule has 0 aromatic heterocycles. The molecule has 5 nitrogen and oxygen atoms in total. The van der Waals surface area contributed by atoms with Gasteiger partial charge in [-0.25, -0.2) is 0 Å². The second-order valence-corrected chi connectivity index (χ2v) is 7.95. The third-order valence-corrected chi connectivity index (χ3v) is 5.26. The van der Waals surface area contributed by atoms with Crippen molar-refractivity contribution in [2.24, 2.45) is 0 Å². The molecule has 150 valence electrons. The minimum atomic E-state index is -0.197. The summed E-state index contributed by atoms with van der Waals surface area (Å²) in [5.41, 5.74) is 4.97. The highest BCUT2D eigenvalue weighted by molar-refractivity contribution is 6.31. The van der Waals surface area contributed by atoms with Crippen LogP contribution in [-0.2, 0) is 4.79 Å². The molecule has 0 saturated carbocycles. The number of amides is 1. The maximum atomic E-state index is 12.6. The van der Waals surface area contributed by atoms with Crippen LogP contribution in [0.1, 0.15) is 16.7 Å². The van der Waals surface area contributed by atoms with E-state index in [9.17, 15) is 4.79 Å². The molecule has 0 unspecified atom stereocenters. The highest BCUT2D eigenvalue weighted by Crippen LogP contribution is 2.30. The molecule has 1 heterocycles. The molecule has 0 radical (unpaired) electrons. The van der Waals surface area contributed by atoms with Gasteiger partial charge in [0.2, 0.25) is 0 Å². The van der Waals surface area contributed by atoms with E-state index < -0.39 is 0 Å². The zero-order valence-electron chi connectivity index (χ0n) is 17.0. The quantitative estimate of drug-likeness (QED) is 0.821. The van der Waals surface area contributed by atoms with Crippen LogP contribution in [0, 0.1) is 20.8 Å². The van der Waals surface area contributed by atoms with E-state index in [-0.39, 0.29) is 12.5 Å². The molecule has 0 aliphatic carbocycles. The van der Waals surface area contributed by atoms with Crippen molar-refractivity contribution in [1.82, 2.24) is 4.90 Å². The first-order chi connectivity index (χ1) is 13.3. The molecule has 0 bridgehead atoms. The lowest BCUT2D eigenvalue weighted by Gasteiger charge is -2.35. The second kappa shape index (κ2) is 8.84. The van der Waals surface area contributed by atoms with Gasteiger partial charge in [0.1, 0.15) is 5.75 Å². The Labute approximate surface area is 172 Å². The molecule has 1 aliphatic rings. The Hall–Kier alpha value is -2.24. The zero-order valence-corrected chi connectivity index (χ0v) is 17.8. The highest BCUT2D eigenvalue weighted by Gasteiger charge is 2.18. The van der Waals surface area contributed by atoms with Crippen LogP contribution in [0.3, 0.4) is 0 Å². The smallest absolute Gasteiger partial charge is 0.262 e. The second-order valence-electron chi connectivity index (χ2n) is 7.52. The van der Waals surface area contributed by atoms with Crippen molar-refractivity contribution in [2.75, 3.05) is 50.1 Å². The molecule has 1 amide bonds. The van der Waals surface area contributed by atoms with E-state index in [0.29, 0.717) is 5.02 Å². The predicted molar refractivity (Wildman–Crippen MR) is 116 cm³/mol. The molecule has 1 N–H and O–H groups in total. The first-order valence-corrected chi connectivity index (χ1v) is 9.95. The van der Waals surface area contributed by atoms with E-state index in [1.807, 2.05) is 26.0 Å². The number of aryl methyl sites for hydroxylation is 3. The number of nitrogens with zero attached hydrogens (tertiary/aromatic N) is 2. The molecule has 2 aromatic carbocycles. The number of hydrogen-bond donors (Lipinski definition) is 1. The standard InChI is InChI=1S/C22H28ClN3O2/c1-15-11-16(2)22(17(3)12-15)28-14-21(27)24-19-13-18(23)5-6-20(19)26-9-7-25(4)8-10-26/h5-6,11-13H,7-10,14H2,1-4H3,(H,24,27). The van der Waals surface area contributed by atoms with Crippen LogP contribution in [0.5, 0.6) is 5.75 Å². The van der Waals surface area contributed by atoms with Crippen LogP contribution in [0.25, 0.3) is 0 Å². The van der Waals surface area contributed by atoms with Crippen LogP contribution in [0.15, 0.2) is 30.3 Å². The van der Waals surface area contributed by atoms with E-state index in [4.69, 9.17) is 16.3 Å². The lowest BCUT2D eigenvalue weighted by molar-refractivity contribution is -0.118. The summed E-state index contributed by atoms with van der Waals surface area (Å²) in [5.74, 6) is 0.572. The highest BCUT2D eigenvalue weighted by atomic mass is 35.5. The predicted octanol–water partition coefficient (Wildman–Crippen LogP) is 4.03. The van der Waals surface area contributed by atoms with Crippen molar-refractivity contribution >= 4 is 28.9 Å². The molecule has 1 aliphatic heterocycles. The summed E-state index contributed by atoms with van der Waals surface area (Å²) in [6.07, 6.45) is 0. The van der Waals surface area contributed by atoms with Crippen LogP contribution in [-0.4, -0.2) is 50.6 Å². The number of anilines is 2. The summed E-state index contributed by atoms with van der Waals surface area (Å²) in [7, 11) is 2.12. The van der Waals surface area contributed by atoms with Crippen molar-refractivity contribution in [2.45, 2.75) is 20.8 Å². The average Bonchev–Trinajstić information content (AvgIpc) is 2.62. The number of nitrogens with one attached hydrogen (secondary N) is 1. The molecule has 28 heavy (non-hydrogen) atoms. The SMILES string of the molecule is Cc1cc(C)c(OCC(=O)Nc2cc(Cl)ccc2N2CCN(C)CC2)c(C)c1. The Kier molecular flexibility index (Phi) is 6.47. The fraction of sp³-hybridized carbons (Fsp3) is 0.409. The third-order valence-electron chi connectivity index (χ3n) is 5.03. The first kappa shape index (κ1) is 20.5. The number of halogens is 1. The van der Waals surface area contributed by atoms with Gasteiger partial charge in [0.25, 0.3) is 5.91 Å². The molecule has 0 atom stereocenters. The third kappa shape index (κ3) is 4.97. The molecule has 6 heteroatoms. The first-order valence-electron chi connectivity index (χ1n) is 9.57. The zero-order chi connectivity index (χ0) is 20.3.